The highest BCUT2D eigenvalue weighted by molar-refractivity contribution is 7.89. The van der Waals surface area contributed by atoms with Crippen LogP contribution in [0.25, 0.3) is 11.5 Å². The van der Waals surface area contributed by atoms with Crippen LogP contribution in [-0.4, -0.2) is 43.1 Å². The summed E-state index contributed by atoms with van der Waals surface area (Å²) in [6.45, 7) is 4.39. The smallest absolute Gasteiger partial charge is 0.261 e. The van der Waals surface area contributed by atoms with E-state index < -0.39 is 15.6 Å². The van der Waals surface area contributed by atoms with Crippen molar-refractivity contribution in [1.29, 1.82) is 0 Å². The number of sulfonamides is 1. The predicted molar refractivity (Wildman–Crippen MR) is 101 cm³/mol. The molecule has 1 aliphatic rings. The van der Waals surface area contributed by atoms with Crippen molar-refractivity contribution in [1.82, 2.24) is 14.4 Å². The lowest BCUT2D eigenvalue weighted by molar-refractivity contribution is 0.370. The Morgan fingerprint density at radius 1 is 1.26 bits per heavy atom. The van der Waals surface area contributed by atoms with E-state index in [1.54, 1.807) is 19.9 Å². The second-order valence-corrected chi connectivity index (χ2v) is 8.68. The molecule has 1 fully saturated rings. The largest absolute Gasteiger partial charge is 0.496 e. The molecule has 27 heavy (non-hydrogen) atoms. The van der Waals surface area contributed by atoms with Crippen LogP contribution in [0.15, 0.2) is 27.6 Å². The maximum absolute atomic E-state index is 12.8. The van der Waals surface area contributed by atoms with Crippen molar-refractivity contribution in [3.8, 4) is 17.2 Å². The molecular formula is C18H26N4O4S. The molecule has 0 bridgehead atoms. The van der Waals surface area contributed by atoms with E-state index in [0.717, 1.165) is 25.7 Å². The number of rotatable bonds is 7. The monoisotopic (exact) mass is 394 g/mol. The third-order valence-corrected chi connectivity index (χ3v) is 7.16. The second kappa shape index (κ2) is 7.57. The van der Waals surface area contributed by atoms with Crippen molar-refractivity contribution < 1.29 is 17.7 Å². The van der Waals surface area contributed by atoms with Gasteiger partial charge in [0.15, 0.2) is 5.82 Å². The third kappa shape index (κ3) is 3.59. The minimum absolute atomic E-state index is 0.157. The van der Waals surface area contributed by atoms with Crippen LogP contribution in [0.4, 0.5) is 0 Å². The Kier molecular flexibility index (Phi) is 5.55. The molecule has 0 aliphatic heterocycles. The molecule has 2 aromatic rings. The molecule has 1 aromatic carbocycles. The van der Waals surface area contributed by atoms with Crippen LogP contribution in [0.2, 0.25) is 0 Å². The number of hydrogen-bond donors (Lipinski definition) is 1. The lowest BCUT2D eigenvalue weighted by Crippen LogP contribution is -2.34. The first kappa shape index (κ1) is 19.8. The van der Waals surface area contributed by atoms with Gasteiger partial charge in [-0.05, 0) is 31.0 Å². The molecule has 8 nitrogen and oxygen atoms in total. The van der Waals surface area contributed by atoms with Gasteiger partial charge in [0.05, 0.1) is 23.1 Å². The van der Waals surface area contributed by atoms with Gasteiger partial charge in [0.25, 0.3) is 5.89 Å². The summed E-state index contributed by atoms with van der Waals surface area (Å²) >= 11 is 0. The fourth-order valence-corrected chi connectivity index (χ4v) is 4.98. The SMILES string of the molecule is CCN(CC)S(=O)(=O)c1ccc(OC)c(-c2nc(C3(N)CCCC3)no2)c1. The molecule has 0 atom stereocenters. The average molecular weight is 394 g/mol. The van der Waals surface area contributed by atoms with Crippen LogP contribution in [0.3, 0.4) is 0 Å². The van der Waals surface area contributed by atoms with E-state index in [1.807, 2.05) is 0 Å². The Balaban J connectivity index is 2.04. The molecule has 0 saturated heterocycles. The summed E-state index contributed by atoms with van der Waals surface area (Å²) in [7, 11) is -2.10. The number of ether oxygens (including phenoxy) is 1. The predicted octanol–water partition coefficient (Wildman–Crippen LogP) is 2.50. The Morgan fingerprint density at radius 2 is 1.93 bits per heavy atom. The van der Waals surface area contributed by atoms with Crippen molar-refractivity contribution in [2.45, 2.75) is 50.0 Å². The van der Waals surface area contributed by atoms with Crippen LogP contribution in [0, 0.1) is 0 Å². The zero-order chi connectivity index (χ0) is 19.7. The van der Waals surface area contributed by atoms with Crippen LogP contribution < -0.4 is 10.5 Å². The summed E-state index contributed by atoms with van der Waals surface area (Å²) < 4.78 is 37.9. The highest BCUT2D eigenvalue weighted by Crippen LogP contribution is 2.37. The molecule has 1 heterocycles. The number of nitrogens with zero attached hydrogens (tertiary/aromatic N) is 3. The number of hydrogen-bond acceptors (Lipinski definition) is 7. The molecular weight excluding hydrogens is 368 g/mol. The van der Waals surface area contributed by atoms with Gasteiger partial charge in [-0.3, -0.25) is 0 Å². The Hall–Kier alpha value is -1.97. The maximum atomic E-state index is 12.8. The van der Waals surface area contributed by atoms with Gasteiger partial charge in [-0.1, -0.05) is 31.8 Å². The van der Waals surface area contributed by atoms with Crippen molar-refractivity contribution in [3.05, 3.63) is 24.0 Å². The van der Waals surface area contributed by atoms with Crippen LogP contribution in [0.5, 0.6) is 5.75 Å². The molecule has 2 N–H and O–H groups in total. The molecule has 0 unspecified atom stereocenters. The highest BCUT2D eigenvalue weighted by Gasteiger charge is 2.36. The number of nitrogens with two attached hydrogens (primary N) is 1. The number of aromatic nitrogens is 2. The first-order valence-electron chi connectivity index (χ1n) is 9.17. The summed E-state index contributed by atoms with van der Waals surface area (Å²) in [5.74, 6) is 1.12. The first-order valence-corrected chi connectivity index (χ1v) is 10.6. The van der Waals surface area contributed by atoms with Crippen molar-refractivity contribution in [2.24, 2.45) is 5.73 Å². The van der Waals surface area contributed by atoms with Crippen molar-refractivity contribution in [2.75, 3.05) is 20.2 Å². The Morgan fingerprint density at radius 3 is 2.52 bits per heavy atom. The van der Waals surface area contributed by atoms with Gasteiger partial charge in [-0.2, -0.15) is 9.29 Å². The number of benzene rings is 1. The first-order chi connectivity index (χ1) is 12.9. The topological polar surface area (TPSA) is 112 Å². The summed E-state index contributed by atoms with van der Waals surface area (Å²) in [5, 5.41) is 4.05. The molecule has 9 heteroatoms. The standard InChI is InChI=1S/C18H26N4O4S/c1-4-22(5-2)27(23,24)13-8-9-15(25-3)14(12-13)16-20-17(21-26-16)18(19)10-6-7-11-18/h8-9,12H,4-7,10-11,19H2,1-3H3. The average Bonchev–Trinajstić information content (AvgIpc) is 3.32. The molecule has 1 aromatic heterocycles. The molecule has 148 valence electrons. The van der Waals surface area contributed by atoms with E-state index in [0.29, 0.717) is 30.2 Å². The molecule has 0 spiro atoms. The van der Waals surface area contributed by atoms with E-state index in [-0.39, 0.29) is 10.8 Å². The molecule has 0 radical (unpaired) electrons. The highest BCUT2D eigenvalue weighted by atomic mass is 32.2. The van der Waals surface area contributed by atoms with E-state index >= 15 is 0 Å². The van der Waals surface area contributed by atoms with E-state index in [1.165, 1.54) is 23.5 Å². The van der Waals surface area contributed by atoms with E-state index in [4.69, 9.17) is 15.0 Å². The molecule has 1 aliphatic carbocycles. The fourth-order valence-electron chi connectivity index (χ4n) is 3.49. The Labute approximate surface area is 159 Å². The van der Waals surface area contributed by atoms with Crippen molar-refractivity contribution in [3.63, 3.8) is 0 Å². The van der Waals surface area contributed by atoms with Crippen LogP contribution in [-0.2, 0) is 15.6 Å². The molecule has 1 saturated carbocycles. The summed E-state index contributed by atoms with van der Waals surface area (Å²) in [5.41, 5.74) is 6.25. The molecule has 3 rings (SSSR count). The van der Waals surface area contributed by atoms with E-state index in [2.05, 4.69) is 10.1 Å². The van der Waals surface area contributed by atoms with Crippen molar-refractivity contribution >= 4 is 10.0 Å². The van der Waals surface area contributed by atoms with Gasteiger partial charge in [0.2, 0.25) is 10.0 Å². The third-order valence-electron chi connectivity index (χ3n) is 5.11. The lowest BCUT2D eigenvalue weighted by atomic mass is 9.99. The number of methoxy groups -OCH3 is 1. The zero-order valence-corrected chi connectivity index (χ0v) is 16.8. The van der Waals surface area contributed by atoms with Crippen LogP contribution >= 0.6 is 0 Å². The van der Waals surface area contributed by atoms with Gasteiger partial charge in [-0.25, -0.2) is 8.42 Å². The van der Waals surface area contributed by atoms with Gasteiger partial charge in [0.1, 0.15) is 5.75 Å². The van der Waals surface area contributed by atoms with Gasteiger partial charge >= 0.3 is 0 Å². The summed E-state index contributed by atoms with van der Waals surface area (Å²) in [4.78, 5) is 4.62. The summed E-state index contributed by atoms with van der Waals surface area (Å²) in [6.07, 6.45) is 3.67. The normalized spacial score (nSPS) is 16.8. The zero-order valence-electron chi connectivity index (χ0n) is 15.9. The minimum atomic E-state index is -3.61. The van der Waals surface area contributed by atoms with Crippen LogP contribution in [0.1, 0.15) is 45.4 Å². The van der Waals surface area contributed by atoms with Gasteiger partial charge in [-0.15, -0.1) is 0 Å². The fraction of sp³-hybridized carbons (Fsp3) is 0.556. The Bertz CT molecular complexity index is 900. The summed E-state index contributed by atoms with van der Waals surface area (Å²) in [6, 6.07) is 4.64. The lowest BCUT2D eigenvalue weighted by Gasteiger charge is -2.19. The van der Waals surface area contributed by atoms with E-state index in [9.17, 15) is 8.42 Å². The second-order valence-electron chi connectivity index (χ2n) is 6.74. The minimum Gasteiger partial charge on any atom is -0.496 e. The molecule has 0 amide bonds. The quantitative estimate of drug-likeness (QED) is 0.768. The van der Waals surface area contributed by atoms with Gasteiger partial charge in [0, 0.05) is 13.1 Å². The van der Waals surface area contributed by atoms with Gasteiger partial charge < -0.3 is 15.0 Å². The maximum Gasteiger partial charge on any atom is 0.261 e.